The molecule has 0 aromatic carbocycles. The molecule has 84 valence electrons. The average Bonchev–Trinajstić information content (AvgIpc) is 2.93. The fourth-order valence-electron chi connectivity index (χ4n) is 2.12. The van der Waals surface area contributed by atoms with Gasteiger partial charge in [-0.2, -0.15) is 11.3 Å². The van der Waals surface area contributed by atoms with E-state index in [2.05, 4.69) is 28.8 Å². The molecule has 2 rings (SSSR count). The monoisotopic (exact) mass is 224 g/mol. The zero-order valence-electron chi connectivity index (χ0n) is 9.36. The van der Waals surface area contributed by atoms with Gasteiger partial charge >= 0.3 is 0 Å². The predicted molar refractivity (Wildman–Crippen MR) is 66.2 cm³/mol. The van der Waals surface area contributed by atoms with Crippen molar-refractivity contribution in [2.24, 2.45) is 11.7 Å². The van der Waals surface area contributed by atoms with Crippen LogP contribution in [0.25, 0.3) is 0 Å². The molecule has 15 heavy (non-hydrogen) atoms. The third-order valence-corrected chi connectivity index (χ3v) is 4.04. The zero-order chi connectivity index (χ0) is 10.7. The van der Waals surface area contributed by atoms with E-state index in [1.165, 1.54) is 18.4 Å². The van der Waals surface area contributed by atoms with E-state index >= 15 is 0 Å². The summed E-state index contributed by atoms with van der Waals surface area (Å²) < 4.78 is 0. The van der Waals surface area contributed by atoms with E-state index < -0.39 is 0 Å². The molecular weight excluding hydrogens is 204 g/mol. The lowest BCUT2D eigenvalue weighted by Crippen LogP contribution is -2.40. The first-order chi connectivity index (χ1) is 7.31. The van der Waals surface area contributed by atoms with Crippen LogP contribution in [0.1, 0.15) is 18.4 Å². The molecule has 1 aromatic rings. The highest BCUT2D eigenvalue weighted by molar-refractivity contribution is 7.07. The molecule has 3 heteroatoms. The second kappa shape index (κ2) is 5.10. The summed E-state index contributed by atoms with van der Waals surface area (Å²) in [6.07, 6.45) is 3.92. The van der Waals surface area contributed by atoms with Crippen LogP contribution in [-0.2, 0) is 6.42 Å². The summed E-state index contributed by atoms with van der Waals surface area (Å²) in [5.74, 6) is 0.877. The average molecular weight is 224 g/mol. The summed E-state index contributed by atoms with van der Waals surface area (Å²) in [6, 6.07) is 2.83. The second-order valence-electron chi connectivity index (χ2n) is 4.50. The highest BCUT2D eigenvalue weighted by Gasteiger charge is 2.32. The van der Waals surface area contributed by atoms with Crippen LogP contribution >= 0.6 is 11.3 Å². The Labute approximate surface area is 96.1 Å². The molecule has 1 heterocycles. The van der Waals surface area contributed by atoms with Crippen molar-refractivity contribution in [2.75, 3.05) is 20.1 Å². The zero-order valence-corrected chi connectivity index (χ0v) is 10.2. The number of rotatable bonds is 6. The molecule has 1 atom stereocenters. The number of hydrogen-bond donors (Lipinski definition) is 1. The maximum absolute atomic E-state index is 5.82. The summed E-state index contributed by atoms with van der Waals surface area (Å²) in [7, 11) is 2.21. The quantitative estimate of drug-likeness (QED) is 0.800. The van der Waals surface area contributed by atoms with Crippen molar-refractivity contribution >= 4 is 11.3 Å². The van der Waals surface area contributed by atoms with Crippen LogP contribution < -0.4 is 5.73 Å². The molecular formula is C12H20N2S. The van der Waals surface area contributed by atoms with Crippen LogP contribution in [0.5, 0.6) is 0 Å². The third-order valence-electron chi connectivity index (χ3n) is 3.31. The third kappa shape index (κ3) is 3.03. The molecule has 0 radical (unpaired) electrons. The van der Waals surface area contributed by atoms with Gasteiger partial charge in [0, 0.05) is 19.1 Å². The lowest BCUT2D eigenvalue weighted by atomic mass is 10.1. The molecule has 2 nitrogen and oxygen atoms in total. The number of hydrogen-bond acceptors (Lipinski definition) is 3. The van der Waals surface area contributed by atoms with Crippen molar-refractivity contribution in [1.29, 1.82) is 0 Å². The molecule has 0 saturated heterocycles. The molecule has 1 aliphatic carbocycles. The molecule has 1 fully saturated rings. The topological polar surface area (TPSA) is 29.3 Å². The normalized spacial score (nSPS) is 18.3. The summed E-state index contributed by atoms with van der Waals surface area (Å²) in [6.45, 7) is 1.94. The first-order valence-electron chi connectivity index (χ1n) is 5.72. The van der Waals surface area contributed by atoms with Gasteiger partial charge in [-0.1, -0.05) is 0 Å². The Morgan fingerprint density at radius 3 is 2.93 bits per heavy atom. The smallest absolute Gasteiger partial charge is 0.0243 e. The molecule has 1 aliphatic rings. The summed E-state index contributed by atoms with van der Waals surface area (Å²) >= 11 is 1.78. The standard InChI is InChI=1S/C12H20N2S/c1-14(12(8-13)11-2-3-11)6-4-10-5-7-15-9-10/h5,7,9,11-12H,2-4,6,8,13H2,1H3. The molecule has 1 saturated carbocycles. The van der Waals surface area contributed by atoms with E-state index in [4.69, 9.17) is 5.73 Å². The molecule has 1 unspecified atom stereocenters. The van der Waals surface area contributed by atoms with Gasteiger partial charge in [0.1, 0.15) is 0 Å². The first-order valence-corrected chi connectivity index (χ1v) is 6.67. The van der Waals surface area contributed by atoms with E-state index in [9.17, 15) is 0 Å². The molecule has 0 aliphatic heterocycles. The van der Waals surface area contributed by atoms with Gasteiger partial charge in [0.25, 0.3) is 0 Å². The van der Waals surface area contributed by atoms with Gasteiger partial charge in [-0.25, -0.2) is 0 Å². The molecule has 0 amide bonds. The highest BCUT2D eigenvalue weighted by Crippen LogP contribution is 2.34. The maximum atomic E-state index is 5.82. The van der Waals surface area contributed by atoms with E-state index in [1.54, 1.807) is 11.3 Å². The largest absolute Gasteiger partial charge is 0.329 e. The minimum Gasteiger partial charge on any atom is -0.329 e. The van der Waals surface area contributed by atoms with Crippen molar-refractivity contribution in [3.63, 3.8) is 0 Å². The van der Waals surface area contributed by atoms with E-state index in [0.29, 0.717) is 6.04 Å². The molecule has 0 bridgehead atoms. The van der Waals surface area contributed by atoms with Crippen LogP contribution in [-0.4, -0.2) is 31.1 Å². The predicted octanol–water partition coefficient (Wildman–Crippen LogP) is 1.96. The van der Waals surface area contributed by atoms with Crippen molar-refractivity contribution in [1.82, 2.24) is 4.90 Å². The van der Waals surface area contributed by atoms with Gasteiger partial charge in [-0.05, 0) is 54.6 Å². The Balaban J connectivity index is 1.77. The number of thiophene rings is 1. The van der Waals surface area contributed by atoms with Crippen molar-refractivity contribution < 1.29 is 0 Å². The van der Waals surface area contributed by atoms with Crippen molar-refractivity contribution in [3.05, 3.63) is 22.4 Å². The van der Waals surface area contributed by atoms with Crippen LogP contribution in [0.2, 0.25) is 0 Å². The Hall–Kier alpha value is -0.380. The van der Waals surface area contributed by atoms with Gasteiger partial charge in [0.15, 0.2) is 0 Å². The van der Waals surface area contributed by atoms with Gasteiger partial charge < -0.3 is 10.6 Å². The van der Waals surface area contributed by atoms with Gasteiger partial charge in [-0.3, -0.25) is 0 Å². The van der Waals surface area contributed by atoms with Gasteiger partial charge in [0.05, 0.1) is 0 Å². The molecule has 1 aromatic heterocycles. The Morgan fingerprint density at radius 2 is 2.40 bits per heavy atom. The number of likely N-dealkylation sites (N-methyl/N-ethyl adjacent to an activating group) is 1. The fraction of sp³-hybridized carbons (Fsp3) is 0.667. The van der Waals surface area contributed by atoms with Crippen molar-refractivity contribution in [2.45, 2.75) is 25.3 Å². The van der Waals surface area contributed by atoms with E-state index in [-0.39, 0.29) is 0 Å². The van der Waals surface area contributed by atoms with Crippen LogP contribution in [0, 0.1) is 5.92 Å². The Bertz CT molecular complexity index is 280. The lowest BCUT2D eigenvalue weighted by molar-refractivity contribution is 0.226. The lowest BCUT2D eigenvalue weighted by Gasteiger charge is -2.26. The van der Waals surface area contributed by atoms with Crippen molar-refractivity contribution in [3.8, 4) is 0 Å². The number of nitrogens with two attached hydrogens (primary N) is 1. The summed E-state index contributed by atoms with van der Waals surface area (Å²) in [4.78, 5) is 2.44. The van der Waals surface area contributed by atoms with E-state index in [1.807, 2.05) is 0 Å². The summed E-state index contributed by atoms with van der Waals surface area (Å²) in [5, 5.41) is 4.39. The van der Waals surface area contributed by atoms with Crippen LogP contribution in [0.3, 0.4) is 0 Å². The van der Waals surface area contributed by atoms with Crippen LogP contribution in [0.15, 0.2) is 16.8 Å². The fourth-order valence-corrected chi connectivity index (χ4v) is 2.82. The summed E-state index contributed by atoms with van der Waals surface area (Å²) in [5.41, 5.74) is 7.28. The van der Waals surface area contributed by atoms with E-state index in [0.717, 1.165) is 25.4 Å². The second-order valence-corrected chi connectivity index (χ2v) is 5.28. The highest BCUT2D eigenvalue weighted by atomic mass is 32.1. The minimum atomic E-state index is 0.614. The Kier molecular flexibility index (Phi) is 3.78. The molecule has 2 N–H and O–H groups in total. The SMILES string of the molecule is CN(CCc1ccsc1)C(CN)C1CC1. The van der Waals surface area contributed by atoms with Gasteiger partial charge in [-0.15, -0.1) is 0 Å². The Morgan fingerprint density at radius 1 is 1.60 bits per heavy atom. The number of nitrogens with zero attached hydrogens (tertiary/aromatic N) is 1. The first kappa shape index (κ1) is 11.1. The minimum absolute atomic E-state index is 0.614. The molecule has 0 spiro atoms. The van der Waals surface area contributed by atoms with Crippen LogP contribution in [0.4, 0.5) is 0 Å². The van der Waals surface area contributed by atoms with Gasteiger partial charge in [0.2, 0.25) is 0 Å². The maximum Gasteiger partial charge on any atom is 0.0243 e.